The molecule has 0 aromatic heterocycles. The van der Waals surface area contributed by atoms with Crippen LogP contribution in [0.4, 0.5) is 0 Å². The molecule has 0 aromatic rings. The second kappa shape index (κ2) is 35.0. The summed E-state index contributed by atoms with van der Waals surface area (Å²) < 4.78 is 33.5. The van der Waals surface area contributed by atoms with Crippen LogP contribution in [0.15, 0.2) is 24.3 Å². The van der Waals surface area contributed by atoms with Crippen LogP contribution in [-0.4, -0.2) is 62.1 Å². The van der Waals surface area contributed by atoms with Crippen molar-refractivity contribution >= 4 is 22.6 Å². The topological polar surface area (TPSA) is 111 Å². The molecule has 1 aliphatic rings. The van der Waals surface area contributed by atoms with Crippen LogP contribution in [0.5, 0.6) is 0 Å². The third kappa shape index (κ3) is 31.8. The summed E-state index contributed by atoms with van der Waals surface area (Å²) in [6.07, 6.45) is 46.8. The van der Waals surface area contributed by atoms with Gasteiger partial charge in [0.2, 0.25) is 22.6 Å². The van der Waals surface area contributed by atoms with Crippen LogP contribution in [0.3, 0.4) is 0 Å². The zero-order valence-electron chi connectivity index (χ0n) is 34.6. The highest BCUT2D eigenvalue weighted by atomic mass is 32.3. The van der Waals surface area contributed by atoms with Gasteiger partial charge in [0.1, 0.15) is 18.6 Å². The molecule has 1 amide bonds. The Kier molecular flexibility index (Phi) is 33.9. The number of nitrogens with one attached hydrogen (secondary N) is 2. The number of allylic oxidation sites excluding steroid dienone is 4. The number of carbonyl (C=O) groups excluding carboxylic acids is 1. The third-order valence-corrected chi connectivity index (χ3v) is 10.8. The smallest absolute Gasteiger partial charge is 0.232 e. The molecule has 1 aliphatic heterocycles. The highest BCUT2D eigenvalue weighted by Crippen LogP contribution is 2.24. The fraction of sp³-hybridized carbons (Fsp3) is 0.860. The molecular weight excluding hydrogens is 671 g/mol. The summed E-state index contributed by atoms with van der Waals surface area (Å²) in [4.78, 5) is 12.9. The van der Waals surface area contributed by atoms with Gasteiger partial charge in [0.15, 0.2) is 0 Å². The van der Waals surface area contributed by atoms with E-state index in [0.29, 0.717) is 0 Å². The Morgan fingerprint density at radius 1 is 0.769 bits per heavy atom. The molecule has 306 valence electrons. The summed E-state index contributed by atoms with van der Waals surface area (Å²) in [5.41, 5.74) is 0.111. The molecule has 1 heterocycles. The van der Waals surface area contributed by atoms with Crippen molar-refractivity contribution in [1.29, 1.82) is 0 Å². The van der Waals surface area contributed by atoms with Gasteiger partial charge in [0.05, 0.1) is 7.11 Å². The Bertz CT molecular complexity index is 1030. The summed E-state index contributed by atoms with van der Waals surface area (Å²) in [6.45, 7) is 12.0. The van der Waals surface area contributed by atoms with Gasteiger partial charge in [-0.05, 0) is 77.6 Å². The van der Waals surface area contributed by atoms with Crippen LogP contribution in [0.1, 0.15) is 201 Å². The second-order valence-electron chi connectivity index (χ2n) is 15.3. The molecule has 8 nitrogen and oxygen atoms in total. The summed E-state index contributed by atoms with van der Waals surface area (Å²) in [6, 6.07) is 0. The Morgan fingerprint density at radius 2 is 1.19 bits per heavy atom. The minimum atomic E-state index is -4.41. The van der Waals surface area contributed by atoms with Crippen molar-refractivity contribution in [2.24, 2.45) is 5.92 Å². The molecule has 1 rings (SSSR count). The van der Waals surface area contributed by atoms with Gasteiger partial charge in [-0.3, -0.25) is 18.9 Å². The first kappa shape index (κ1) is 50.3. The summed E-state index contributed by atoms with van der Waals surface area (Å²) in [5.74, 6) is 0.358. The summed E-state index contributed by atoms with van der Waals surface area (Å²) >= 11 is 0. The van der Waals surface area contributed by atoms with Crippen LogP contribution in [-0.2, 0) is 19.4 Å². The van der Waals surface area contributed by atoms with Crippen LogP contribution < -0.4 is 10.6 Å². The maximum atomic E-state index is 12.9. The standard InChI is InChI=1S/C42H79N3O.CH4O4S/c1-5-7-9-11-13-15-17-19-21-23-25-27-29-31-33-40(3)41(46)44-36-35-42(4,45-38-37-43-39-45)34-32-30-28-26-24-22-20-18-16-14-12-10-8-6-2;1-5-6(2,3)4/h19-22,39-40H,5-18,23-38H2,1-4H3,(H,44,46);1H3,(H,2,3,4)/b21-19-,22-20-;. The minimum absolute atomic E-state index is 0.111. The molecule has 52 heavy (non-hydrogen) atoms. The minimum Gasteiger partial charge on any atom is -0.726 e. The van der Waals surface area contributed by atoms with Crippen molar-refractivity contribution in [2.45, 2.75) is 207 Å². The fourth-order valence-electron chi connectivity index (χ4n) is 6.77. The first-order chi connectivity index (χ1) is 25.1. The van der Waals surface area contributed by atoms with E-state index in [1.54, 1.807) is 0 Å². The largest absolute Gasteiger partial charge is 0.726 e. The summed E-state index contributed by atoms with van der Waals surface area (Å²) in [5, 5.41) is 6.71. The van der Waals surface area contributed by atoms with Gasteiger partial charge in [-0.25, -0.2) is 8.42 Å². The number of hydrogen-bond donors (Lipinski definition) is 2. The van der Waals surface area contributed by atoms with Crippen molar-refractivity contribution < 1.29 is 26.5 Å². The van der Waals surface area contributed by atoms with Crippen LogP contribution >= 0.6 is 0 Å². The Morgan fingerprint density at radius 3 is 1.62 bits per heavy atom. The van der Waals surface area contributed by atoms with E-state index in [4.69, 9.17) is 0 Å². The molecule has 0 radical (unpaired) electrons. The second-order valence-corrected chi connectivity index (χ2v) is 16.4. The molecule has 0 bridgehead atoms. The maximum absolute atomic E-state index is 12.9. The van der Waals surface area contributed by atoms with Gasteiger partial charge in [0.25, 0.3) is 0 Å². The van der Waals surface area contributed by atoms with Gasteiger partial charge in [-0.1, -0.05) is 141 Å². The van der Waals surface area contributed by atoms with E-state index in [1.165, 1.54) is 154 Å². The SMILES string of the molecule is CCCCCCCC/C=C\CCCCCCC(C)C(=O)NCCC(C)(CCCCCC/C=C\CCCCCCCC)[N+]1=CNCC1.COS(=O)(=O)[O-]. The van der Waals surface area contributed by atoms with Crippen LogP contribution in [0, 0.1) is 5.92 Å². The van der Waals surface area contributed by atoms with E-state index in [0.717, 1.165) is 46.0 Å². The van der Waals surface area contributed by atoms with Crippen molar-refractivity contribution in [3.05, 3.63) is 24.3 Å². The monoisotopic (exact) mass is 754 g/mol. The number of nitrogens with zero attached hydrogens (tertiary/aromatic N) is 1. The quantitative estimate of drug-likeness (QED) is 0.0223. The Hall–Kier alpha value is -1.71. The molecule has 2 unspecified atom stereocenters. The van der Waals surface area contributed by atoms with Crippen molar-refractivity contribution in [1.82, 2.24) is 10.6 Å². The molecule has 0 fully saturated rings. The van der Waals surface area contributed by atoms with Crippen molar-refractivity contribution in [3.8, 4) is 0 Å². The lowest BCUT2D eigenvalue weighted by Crippen LogP contribution is -2.43. The van der Waals surface area contributed by atoms with Gasteiger partial charge in [-0.2, -0.15) is 0 Å². The summed E-state index contributed by atoms with van der Waals surface area (Å²) in [7, 11) is -3.60. The predicted octanol–water partition coefficient (Wildman–Crippen LogP) is 10.9. The maximum Gasteiger partial charge on any atom is 0.232 e. The lowest BCUT2D eigenvalue weighted by atomic mass is 9.89. The molecule has 0 aromatic carbocycles. The molecule has 0 saturated carbocycles. The highest BCUT2D eigenvalue weighted by molar-refractivity contribution is 7.80. The highest BCUT2D eigenvalue weighted by Gasteiger charge is 2.33. The Labute approximate surface area is 322 Å². The molecular formula is C43H83N3O5S. The van der Waals surface area contributed by atoms with Crippen molar-refractivity contribution in [3.63, 3.8) is 0 Å². The lowest BCUT2D eigenvalue weighted by Gasteiger charge is -2.29. The normalized spacial score (nSPS) is 14.9. The first-order valence-corrected chi connectivity index (χ1v) is 22.9. The van der Waals surface area contributed by atoms with Crippen LogP contribution in [0.2, 0.25) is 0 Å². The third-order valence-electron chi connectivity index (χ3n) is 10.4. The molecule has 9 heteroatoms. The van der Waals surface area contributed by atoms with E-state index in [9.17, 15) is 17.8 Å². The number of hydrogen-bond acceptors (Lipinski definition) is 6. The fourth-order valence-corrected chi connectivity index (χ4v) is 6.77. The Balaban J connectivity index is 0.00000397. The van der Waals surface area contributed by atoms with E-state index in [-0.39, 0.29) is 17.4 Å². The average molecular weight is 754 g/mol. The van der Waals surface area contributed by atoms with Gasteiger partial charge in [0, 0.05) is 18.9 Å². The van der Waals surface area contributed by atoms with Crippen molar-refractivity contribution in [2.75, 3.05) is 26.7 Å². The number of amides is 1. The van der Waals surface area contributed by atoms with Gasteiger partial charge < -0.3 is 9.87 Å². The van der Waals surface area contributed by atoms with E-state index >= 15 is 0 Å². The molecule has 0 aliphatic carbocycles. The van der Waals surface area contributed by atoms with Gasteiger partial charge >= 0.3 is 0 Å². The lowest BCUT2D eigenvalue weighted by molar-refractivity contribution is -0.595. The molecule has 0 spiro atoms. The number of carbonyl (C=O) groups is 1. The predicted molar refractivity (Wildman–Crippen MR) is 221 cm³/mol. The number of unbranched alkanes of at least 4 members (excludes halogenated alkanes) is 20. The van der Waals surface area contributed by atoms with Crippen LogP contribution in [0.25, 0.3) is 0 Å². The van der Waals surface area contributed by atoms with E-state index in [2.05, 4.69) is 77.7 Å². The zero-order chi connectivity index (χ0) is 38.6. The average Bonchev–Trinajstić information content (AvgIpc) is 3.68. The zero-order valence-corrected chi connectivity index (χ0v) is 35.4. The van der Waals surface area contributed by atoms with E-state index < -0.39 is 10.4 Å². The van der Waals surface area contributed by atoms with Gasteiger partial charge in [-0.15, -0.1) is 0 Å². The van der Waals surface area contributed by atoms with E-state index in [1.807, 2.05) is 0 Å². The molecule has 2 atom stereocenters. The number of rotatable bonds is 34. The first-order valence-electron chi connectivity index (χ1n) is 21.5. The molecule has 0 saturated heterocycles. The molecule has 2 N–H and O–H groups in total.